The van der Waals surface area contributed by atoms with Gasteiger partial charge < -0.3 is 14.2 Å². The highest BCUT2D eigenvalue weighted by Crippen LogP contribution is 2.28. The minimum atomic E-state index is -3.82. The molecule has 10 heteroatoms. The van der Waals surface area contributed by atoms with Gasteiger partial charge in [0.2, 0.25) is 10.0 Å². The second kappa shape index (κ2) is 9.47. The first-order valence-electron chi connectivity index (χ1n) is 10.6. The summed E-state index contributed by atoms with van der Waals surface area (Å²) in [4.78, 5) is 27.2. The van der Waals surface area contributed by atoms with E-state index in [1.54, 1.807) is 25.7 Å². The van der Waals surface area contributed by atoms with Crippen LogP contribution in [0, 0.1) is 19.8 Å². The Kier molecular flexibility index (Phi) is 7.18. The van der Waals surface area contributed by atoms with Crippen LogP contribution in [0.15, 0.2) is 9.42 Å². The van der Waals surface area contributed by atoms with Gasteiger partial charge in [-0.2, -0.15) is 4.31 Å². The molecule has 1 amide bonds. The predicted molar refractivity (Wildman–Crippen MR) is 108 cm³/mol. The molecule has 3 rings (SSSR count). The van der Waals surface area contributed by atoms with Gasteiger partial charge in [0.05, 0.1) is 5.92 Å². The first kappa shape index (κ1) is 22.7. The molecule has 2 unspecified atom stereocenters. The smallest absolute Gasteiger partial charge is 0.311 e. The molecule has 3 heterocycles. The molecule has 168 valence electrons. The number of likely N-dealkylation sites (tertiary alicyclic amines) is 1. The van der Waals surface area contributed by atoms with Gasteiger partial charge in [-0.15, -0.1) is 0 Å². The normalized spacial score (nSPS) is 22.4. The largest absolute Gasteiger partial charge is 0.452 e. The Morgan fingerprint density at radius 2 is 1.77 bits per heavy atom. The molecule has 2 fully saturated rings. The van der Waals surface area contributed by atoms with Crippen molar-refractivity contribution in [3.8, 4) is 0 Å². The average molecular weight is 442 g/mol. The quantitative estimate of drug-likeness (QED) is 0.643. The van der Waals surface area contributed by atoms with Crippen LogP contribution in [0.4, 0.5) is 0 Å². The van der Waals surface area contributed by atoms with Gasteiger partial charge in [-0.05, 0) is 46.5 Å². The summed E-state index contributed by atoms with van der Waals surface area (Å²) in [6.45, 7) is 6.44. The van der Waals surface area contributed by atoms with Crippen molar-refractivity contribution in [3.05, 3.63) is 11.5 Å². The third kappa shape index (κ3) is 4.85. The lowest BCUT2D eigenvalue weighted by Crippen LogP contribution is -2.45. The van der Waals surface area contributed by atoms with Crippen LogP contribution in [0.2, 0.25) is 0 Å². The zero-order valence-corrected chi connectivity index (χ0v) is 18.7. The molecule has 1 aromatic rings. The summed E-state index contributed by atoms with van der Waals surface area (Å²) in [6, 6.07) is 0. The van der Waals surface area contributed by atoms with E-state index in [2.05, 4.69) is 5.16 Å². The second-order valence-corrected chi connectivity index (χ2v) is 10.0. The third-order valence-corrected chi connectivity index (χ3v) is 7.95. The van der Waals surface area contributed by atoms with E-state index in [1.165, 1.54) is 4.31 Å². The first-order chi connectivity index (χ1) is 14.2. The number of carbonyl (C=O) groups is 2. The molecule has 30 heavy (non-hydrogen) atoms. The number of aromatic nitrogens is 1. The maximum atomic E-state index is 13.0. The number of rotatable bonds is 5. The highest BCUT2D eigenvalue weighted by molar-refractivity contribution is 7.89. The first-order valence-corrected chi connectivity index (χ1v) is 12.1. The lowest BCUT2D eigenvalue weighted by atomic mass is 10.00. The van der Waals surface area contributed by atoms with Crippen LogP contribution in [-0.2, 0) is 24.3 Å². The lowest BCUT2D eigenvalue weighted by molar-refractivity contribution is -0.163. The number of amides is 1. The number of hydrogen-bond donors (Lipinski definition) is 0. The summed E-state index contributed by atoms with van der Waals surface area (Å²) in [6.07, 6.45) is 4.33. The van der Waals surface area contributed by atoms with Crippen LogP contribution < -0.4 is 0 Å². The average Bonchev–Trinajstić information content (AvgIpc) is 2.91. The van der Waals surface area contributed by atoms with Crippen LogP contribution in [0.5, 0.6) is 0 Å². The molecule has 9 nitrogen and oxygen atoms in total. The Morgan fingerprint density at radius 3 is 2.37 bits per heavy atom. The highest BCUT2D eigenvalue weighted by Gasteiger charge is 2.38. The Labute approximate surface area is 177 Å². The van der Waals surface area contributed by atoms with Gasteiger partial charge >= 0.3 is 5.97 Å². The molecule has 0 spiro atoms. The zero-order chi connectivity index (χ0) is 21.9. The molecule has 2 aliphatic heterocycles. The fourth-order valence-electron chi connectivity index (χ4n) is 4.19. The van der Waals surface area contributed by atoms with Gasteiger partial charge in [0, 0.05) is 26.2 Å². The number of sulfonamides is 1. The van der Waals surface area contributed by atoms with Crippen LogP contribution in [-0.4, -0.2) is 66.9 Å². The zero-order valence-electron chi connectivity index (χ0n) is 17.9. The summed E-state index contributed by atoms with van der Waals surface area (Å²) in [5.74, 6) is -1.08. The second-order valence-electron chi connectivity index (χ2n) is 8.17. The number of hydrogen-bond acceptors (Lipinski definition) is 7. The van der Waals surface area contributed by atoms with Gasteiger partial charge in [0.1, 0.15) is 10.6 Å². The van der Waals surface area contributed by atoms with Crippen LogP contribution in [0.25, 0.3) is 0 Å². The van der Waals surface area contributed by atoms with E-state index >= 15 is 0 Å². The molecule has 0 N–H and O–H groups in total. The third-order valence-electron chi connectivity index (χ3n) is 5.84. The van der Waals surface area contributed by atoms with Gasteiger partial charge in [-0.25, -0.2) is 8.42 Å². The molecule has 2 aliphatic rings. The van der Waals surface area contributed by atoms with Crippen molar-refractivity contribution in [2.45, 2.75) is 70.3 Å². The fraction of sp³-hybridized carbons (Fsp3) is 0.750. The van der Waals surface area contributed by atoms with Gasteiger partial charge in [0.25, 0.3) is 5.91 Å². The monoisotopic (exact) mass is 441 g/mol. The van der Waals surface area contributed by atoms with E-state index in [0.717, 1.165) is 25.7 Å². The van der Waals surface area contributed by atoms with E-state index < -0.39 is 28.0 Å². The molecular weight excluding hydrogens is 410 g/mol. The van der Waals surface area contributed by atoms with Gasteiger partial charge in [-0.1, -0.05) is 18.0 Å². The molecular formula is C20H31N3O6S. The van der Waals surface area contributed by atoms with E-state index in [4.69, 9.17) is 9.26 Å². The number of carbonyl (C=O) groups excluding carboxylic acids is 2. The Bertz CT molecular complexity index is 854. The molecule has 1 aromatic heterocycles. The summed E-state index contributed by atoms with van der Waals surface area (Å²) >= 11 is 0. The van der Waals surface area contributed by atoms with Crippen LogP contribution >= 0.6 is 0 Å². The van der Waals surface area contributed by atoms with Crippen molar-refractivity contribution in [1.82, 2.24) is 14.4 Å². The van der Waals surface area contributed by atoms with Crippen molar-refractivity contribution >= 4 is 21.9 Å². The Morgan fingerprint density at radius 1 is 1.10 bits per heavy atom. The SMILES string of the molecule is Cc1noc(C)c1S(=O)(=O)N1CCCC(C(=O)OC(C)C(=O)N2CCCCCC2)C1. The van der Waals surface area contributed by atoms with E-state index in [9.17, 15) is 18.0 Å². The van der Waals surface area contributed by atoms with Crippen molar-refractivity contribution in [2.75, 3.05) is 26.2 Å². The topological polar surface area (TPSA) is 110 Å². The molecule has 0 radical (unpaired) electrons. The molecule has 0 aliphatic carbocycles. The number of nitrogens with zero attached hydrogens (tertiary/aromatic N) is 3. The van der Waals surface area contributed by atoms with Crippen molar-refractivity contribution in [2.24, 2.45) is 5.92 Å². The van der Waals surface area contributed by atoms with Crippen LogP contribution in [0.3, 0.4) is 0 Å². The van der Waals surface area contributed by atoms with Gasteiger partial charge in [-0.3, -0.25) is 9.59 Å². The molecule has 0 bridgehead atoms. The number of aryl methyl sites for hydroxylation is 2. The van der Waals surface area contributed by atoms with Crippen LogP contribution in [0.1, 0.15) is 56.9 Å². The number of esters is 1. The van der Waals surface area contributed by atoms with E-state index in [-0.39, 0.29) is 23.1 Å². The maximum absolute atomic E-state index is 13.0. The molecule has 2 saturated heterocycles. The molecule has 0 aromatic carbocycles. The number of piperidine rings is 1. The van der Waals surface area contributed by atoms with Crippen molar-refractivity contribution in [3.63, 3.8) is 0 Å². The maximum Gasteiger partial charge on any atom is 0.311 e. The summed E-state index contributed by atoms with van der Waals surface area (Å²) in [5.41, 5.74) is 0.300. The lowest BCUT2D eigenvalue weighted by Gasteiger charge is -2.31. The fourth-order valence-corrected chi connectivity index (χ4v) is 6.01. The minimum Gasteiger partial charge on any atom is -0.452 e. The molecule has 0 saturated carbocycles. The summed E-state index contributed by atoms with van der Waals surface area (Å²) < 4.78 is 37.8. The summed E-state index contributed by atoms with van der Waals surface area (Å²) in [7, 11) is -3.82. The molecule has 2 atom stereocenters. The Hall–Kier alpha value is -1.94. The highest BCUT2D eigenvalue weighted by atomic mass is 32.2. The van der Waals surface area contributed by atoms with E-state index in [0.29, 0.717) is 38.2 Å². The Balaban J connectivity index is 1.63. The van der Waals surface area contributed by atoms with Crippen molar-refractivity contribution in [1.29, 1.82) is 0 Å². The predicted octanol–water partition coefficient (Wildman–Crippen LogP) is 2.03. The van der Waals surface area contributed by atoms with Crippen molar-refractivity contribution < 1.29 is 27.3 Å². The number of ether oxygens (including phenoxy) is 1. The summed E-state index contributed by atoms with van der Waals surface area (Å²) in [5, 5.41) is 3.73. The standard InChI is InChI=1S/C20H31N3O6S/c1-14-18(15(2)29-21-14)30(26,27)23-12-8-9-17(13-23)20(25)28-16(3)19(24)22-10-6-4-5-7-11-22/h16-17H,4-13H2,1-3H3. The van der Waals surface area contributed by atoms with E-state index in [1.807, 2.05) is 0 Å². The minimum absolute atomic E-state index is 0.0237. The van der Waals surface area contributed by atoms with Gasteiger partial charge in [0.15, 0.2) is 11.9 Å².